The Morgan fingerprint density at radius 1 is 1.29 bits per heavy atom. The molecule has 68 valence electrons. The van der Waals surface area contributed by atoms with Crippen LogP contribution in [0.1, 0.15) is 21.4 Å². The molecule has 0 spiro atoms. The van der Waals surface area contributed by atoms with Crippen molar-refractivity contribution in [2.45, 2.75) is 10.1 Å². The van der Waals surface area contributed by atoms with E-state index in [1.54, 1.807) is 0 Å². The predicted molar refractivity (Wildman–Crippen MR) is 63.2 cm³/mol. The van der Waals surface area contributed by atoms with Gasteiger partial charge in [0.15, 0.2) is 0 Å². The zero-order chi connectivity index (χ0) is 9.54. The van der Waals surface area contributed by atoms with Crippen LogP contribution >= 0.6 is 0 Å². The van der Waals surface area contributed by atoms with E-state index < -0.39 is 0 Å². The van der Waals surface area contributed by atoms with Crippen molar-refractivity contribution in [1.82, 2.24) is 4.98 Å². The normalized spacial score (nSPS) is 19.9. The van der Waals surface area contributed by atoms with E-state index in [0.29, 0.717) is 24.4 Å². The number of para-hydroxylation sites is 1. The number of fused-ring (bicyclic) bond motifs is 3. The average Bonchev–Trinajstić information content (AvgIpc) is 2.59. The van der Waals surface area contributed by atoms with Crippen LogP contribution in [0.5, 0.6) is 0 Å². The van der Waals surface area contributed by atoms with Crippen LogP contribution in [0, 0.1) is 0 Å². The van der Waals surface area contributed by atoms with Gasteiger partial charge in [-0.25, -0.2) is 0 Å². The maximum atomic E-state index is 3.57. The van der Waals surface area contributed by atoms with E-state index in [1.165, 1.54) is 28.6 Å². The molecule has 0 radical (unpaired) electrons. The summed E-state index contributed by atoms with van der Waals surface area (Å²) in [6.45, 7) is 0. The van der Waals surface area contributed by atoms with Crippen molar-refractivity contribution in [2.24, 2.45) is 0 Å². The first-order chi connectivity index (χ1) is 6.86. The SMILES string of the molecule is [InH2][CH]1CC=Cc2c1[nH]c1ccccc21. The van der Waals surface area contributed by atoms with Crippen molar-refractivity contribution < 1.29 is 0 Å². The summed E-state index contributed by atoms with van der Waals surface area (Å²) < 4.78 is 0.837. The van der Waals surface area contributed by atoms with Crippen molar-refractivity contribution in [3.8, 4) is 0 Å². The first-order valence-electron chi connectivity index (χ1n) is 5.13. The first-order valence-corrected chi connectivity index (χ1v) is 8.43. The molecule has 0 aliphatic heterocycles. The van der Waals surface area contributed by atoms with Gasteiger partial charge in [-0.2, -0.15) is 0 Å². The van der Waals surface area contributed by atoms with Gasteiger partial charge >= 0.3 is 98.0 Å². The molecule has 1 unspecified atom stereocenters. The molecule has 1 aliphatic carbocycles. The van der Waals surface area contributed by atoms with E-state index in [4.69, 9.17) is 0 Å². The van der Waals surface area contributed by atoms with Crippen molar-refractivity contribution in [2.75, 3.05) is 0 Å². The molecular weight excluding hydrogens is 273 g/mol. The van der Waals surface area contributed by atoms with Crippen molar-refractivity contribution in [3.05, 3.63) is 41.6 Å². The van der Waals surface area contributed by atoms with Gasteiger partial charge in [0.05, 0.1) is 0 Å². The molecule has 0 bridgehead atoms. The molecule has 1 nitrogen and oxygen atoms in total. The Kier molecular flexibility index (Phi) is 1.98. The number of benzene rings is 1. The second-order valence-corrected chi connectivity index (χ2v) is 8.02. The second-order valence-electron chi connectivity index (χ2n) is 4.04. The molecule has 1 aromatic carbocycles. The number of hydrogen-bond donors (Lipinski definition) is 1. The summed E-state index contributed by atoms with van der Waals surface area (Å²) in [5.74, 6) is 0. The Hall–Kier alpha value is -0.630. The predicted octanol–water partition coefficient (Wildman–Crippen LogP) is 2.26. The fourth-order valence-electron chi connectivity index (χ4n) is 2.26. The monoisotopic (exact) mass is 285 g/mol. The van der Waals surface area contributed by atoms with Gasteiger partial charge in [0.2, 0.25) is 0 Å². The number of nitrogens with one attached hydrogen (secondary N) is 1. The van der Waals surface area contributed by atoms with Gasteiger partial charge in [0.25, 0.3) is 0 Å². The number of H-pyrrole nitrogens is 1. The minimum absolute atomic E-state index is 0.700. The van der Waals surface area contributed by atoms with Crippen LogP contribution in [0.25, 0.3) is 17.0 Å². The van der Waals surface area contributed by atoms with Crippen LogP contribution in [0.2, 0.25) is 0 Å². The van der Waals surface area contributed by atoms with Gasteiger partial charge in [0.1, 0.15) is 0 Å². The molecule has 1 atom stereocenters. The van der Waals surface area contributed by atoms with Crippen molar-refractivity contribution in [3.63, 3.8) is 0 Å². The van der Waals surface area contributed by atoms with Crippen LogP contribution in [0.15, 0.2) is 30.3 Å². The Balaban J connectivity index is 2.39. The van der Waals surface area contributed by atoms with Crippen LogP contribution < -0.4 is 0 Å². The minimum atomic E-state index is 0.700. The fourth-order valence-corrected chi connectivity index (χ4v) is 4.34. The third-order valence-corrected chi connectivity index (χ3v) is 6.04. The molecule has 1 aromatic heterocycles. The molecule has 1 N–H and O–H groups in total. The zero-order valence-electron chi connectivity index (χ0n) is 8.25. The summed E-state index contributed by atoms with van der Waals surface area (Å²) in [5, 5.41) is 1.39. The average molecular weight is 285 g/mol. The van der Waals surface area contributed by atoms with Crippen molar-refractivity contribution in [1.29, 1.82) is 0 Å². The summed E-state index contributed by atoms with van der Waals surface area (Å²) >= 11 is 0.700. The van der Waals surface area contributed by atoms with Gasteiger partial charge in [-0.1, -0.05) is 0 Å². The maximum absolute atomic E-state index is 3.57. The van der Waals surface area contributed by atoms with E-state index in [0.717, 1.165) is 3.67 Å². The van der Waals surface area contributed by atoms with Crippen LogP contribution in [0.4, 0.5) is 0 Å². The molecule has 0 saturated carbocycles. The molecule has 1 aliphatic rings. The van der Waals surface area contributed by atoms with Crippen LogP contribution in [-0.2, 0) is 0 Å². The molecule has 0 amide bonds. The Morgan fingerprint density at radius 3 is 3.07 bits per heavy atom. The molecule has 2 aromatic rings. The number of rotatable bonds is 0. The van der Waals surface area contributed by atoms with Gasteiger partial charge in [-0.3, -0.25) is 0 Å². The number of aromatic amines is 1. The standard InChI is InChI=1S/C12H10N.In.2H/c1-3-7-11-9(5-1)10-6-2-4-8-12(10)13-11;;;/h1-3,5-8,13H,4H2;;;. The molecular formula is C12H12InN. The van der Waals surface area contributed by atoms with E-state index in [2.05, 4.69) is 41.4 Å². The molecule has 14 heavy (non-hydrogen) atoms. The molecule has 3 rings (SSSR count). The van der Waals surface area contributed by atoms with E-state index >= 15 is 0 Å². The molecule has 0 fully saturated rings. The zero-order valence-corrected chi connectivity index (χ0v) is 14.0. The summed E-state index contributed by atoms with van der Waals surface area (Å²) in [5.41, 5.74) is 4.22. The van der Waals surface area contributed by atoms with E-state index in [1.807, 2.05) is 0 Å². The summed E-state index contributed by atoms with van der Waals surface area (Å²) in [6, 6.07) is 8.60. The topological polar surface area (TPSA) is 15.8 Å². The number of hydrogen-bond acceptors (Lipinski definition) is 0. The van der Waals surface area contributed by atoms with Gasteiger partial charge in [-0.05, 0) is 0 Å². The third-order valence-electron chi connectivity index (χ3n) is 3.04. The van der Waals surface area contributed by atoms with Crippen LogP contribution in [-0.4, -0.2) is 29.4 Å². The quantitative estimate of drug-likeness (QED) is 0.764. The third kappa shape index (κ3) is 1.17. The van der Waals surface area contributed by atoms with E-state index in [9.17, 15) is 0 Å². The van der Waals surface area contributed by atoms with E-state index in [-0.39, 0.29) is 0 Å². The van der Waals surface area contributed by atoms with Gasteiger partial charge in [0, 0.05) is 0 Å². The second kappa shape index (κ2) is 3.20. The number of aromatic nitrogens is 1. The number of allylic oxidation sites excluding steroid dienone is 1. The molecule has 0 saturated heterocycles. The Morgan fingerprint density at radius 2 is 2.14 bits per heavy atom. The van der Waals surface area contributed by atoms with Crippen molar-refractivity contribution >= 4 is 41.4 Å². The summed E-state index contributed by atoms with van der Waals surface area (Å²) in [6.07, 6.45) is 5.85. The fraction of sp³-hybridized carbons (Fsp3) is 0.167. The van der Waals surface area contributed by atoms with Crippen LogP contribution in [0.3, 0.4) is 0 Å². The Bertz CT molecular complexity index is 510. The Labute approximate surface area is 97.8 Å². The first kappa shape index (κ1) is 8.66. The molecule has 1 heterocycles. The van der Waals surface area contributed by atoms with Gasteiger partial charge < -0.3 is 0 Å². The molecule has 2 heteroatoms. The summed E-state index contributed by atoms with van der Waals surface area (Å²) in [7, 11) is 0. The van der Waals surface area contributed by atoms with Gasteiger partial charge in [-0.15, -0.1) is 0 Å². The summed E-state index contributed by atoms with van der Waals surface area (Å²) in [4.78, 5) is 3.57.